The van der Waals surface area contributed by atoms with E-state index in [2.05, 4.69) is 0 Å². The number of hydrogen-bond donors (Lipinski definition) is 1. The molecule has 1 aromatic carbocycles. The third-order valence-electron chi connectivity index (χ3n) is 2.30. The van der Waals surface area contributed by atoms with Crippen LogP contribution in [0.2, 0.25) is 5.02 Å². The maximum Gasteiger partial charge on any atom is 0.143 e. The van der Waals surface area contributed by atoms with Gasteiger partial charge < -0.3 is 10.5 Å². The molecule has 0 fully saturated rings. The SMILES string of the molecule is CC1CC(N)c2cccc(Cl)c2O1. The third-order valence-corrected chi connectivity index (χ3v) is 2.60. The van der Waals surface area contributed by atoms with Gasteiger partial charge in [-0.3, -0.25) is 0 Å². The van der Waals surface area contributed by atoms with E-state index in [0.717, 1.165) is 17.7 Å². The summed E-state index contributed by atoms with van der Waals surface area (Å²) in [4.78, 5) is 0. The summed E-state index contributed by atoms with van der Waals surface area (Å²) in [6.45, 7) is 2.01. The largest absolute Gasteiger partial charge is 0.489 e. The van der Waals surface area contributed by atoms with Gasteiger partial charge >= 0.3 is 0 Å². The maximum atomic E-state index is 5.99. The van der Waals surface area contributed by atoms with E-state index in [9.17, 15) is 0 Å². The van der Waals surface area contributed by atoms with Crippen LogP contribution in [0.3, 0.4) is 0 Å². The van der Waals surface area contributed by atoms with Crippen molar-refractivity contribution in [2.45, 2.75) is 25.5 Å². The number of nitrogens with two attached hydrogens (primary N) is 1. The second kappa shape index (κ2) is 3.20. The van der Waals surface area contributed by atoms with Crippen molar-refractivity contribution in [3.63, 3.8) is 0 Å². The molecule has 13 heavy (non-hydrogen) atoms. The average Bonchev–Trinajstić information content (AvgIpc) is 2.07. The molecule has 1 aromatic rings. The second-order valence-electron chi connectivity index (χ2n) is 3.43. The summed E-state index contributed by atoms with van der Waals surface area (Å²) < 4.78 is 5.62. The molecule has 2 rings (SSSR count). The van der Waals surface area contributed by atoms with Gasteiger partial charge in [0.05, 0.1) is 11.1 Å². The van der Waals surface area contributed by atoms with Crippen molar-refractivity contribution < 1.29 is 4.74 Å². The maximum absolute atomic E-state index is 5.99. The van der Waals surface area contributed by atoms with Crippen LogP contribution in [0.5, 0.6) is 5.75 Å². The lowest BCUT2D eigenvalue weighted by Gasteiger charge is -2.28. The van der Waals surface area contributed by atoms with E-state index in [4.69, 9.17) is 22.1 Å². The molecule has 0 aliphatic carbocycles. The minimum Gasteiger partial charge on any atom is -0.489 e. The molecule has 2 nitrogen and oxygen atoms in total. The monoisotopic (exact) mass is 197 g/mol. The predicted molar refractivity (Wildman–Crippen MR) is 53.1 cm³/mol. The summed E-state index contributed by atoms with van der Waals surface area (Å²) in [6.07, 6.45) is 1.01. The Balaban J connectivity index is 2.49. The molecule has 2 unspecified atom stereocenters. The van der Waals surface area contributed by atoms with Crippen LogP contribution in [-0.4, -0.2) is 6.10 Å². The first-order valence-corrected chi connectivity index (χ1v) is 4.77. The highest BCUT2D eigenvalue weighted by molar-refractivity contribution is 6.32. The molecule has 2 atom stereocenters. The molecule has 0 radical (unpaired) electrons. The number of halogens is 1. The van der Waals surface area contributed by atoms with Crippen LogP contribution in [0.4, 0.5) is 0 Å². The number of ether oxygens (including phenoxy) is 1. The van der Waals surface area contributed by atoms with Crippen LogP contribution in [0.25, 0.3) is 0 Å². The van der Waals surface area contributed by atoms with Crippen LogP contribution in [-0.2, 0) is 0 Å². The van der Waals surface area contributed by atoms with Gasteiger partial charge in [-0.2, -0.15) is 0 Å². The number of para-hydroxylation sites is 1. The molecule has 70 valence electrons. The third kappa shape index (κ3) is 1.52. The molecule has 0 bridgehead atoms. The zero-order valence-corrected chi connectivity index (χ0v) is 8.21. The number of hydrogen-bond acceptors (Lipinski definition) is 2. The van der Waals surface area contributed by atoms with Crippen molar-refractivity contribution in [2.24, 2.45) is 5.73 Å². The molecule has 0 spiro atoms. The van der Waals surface area contributed by atoms with Crippen molar-refractivity contribution in [1.29, 1.82) is 0 Å². The van der Waals surface area contributed by atoms with Crippen molar-refractivity contribution in [2.75, 3.05) is 0 Å². The van der Waals surface area contributed by atoms with Crippen LogP contribution in [0.15, 0.2) is 18.2 Å². The molecule has 0 saturated heterocycles. The van der Waals surface area contributed by atoms with Crippen LogP contribution in [0, 0.1) is 0 Å². The molecule has 2 N–H and O–H groups in total. The Bertz CT molecular complexity index is 327. The fourth-order valence-electron chi connectivity index (χ4n) is 1.68. The van der Waals surface area contributed by atoms with Crippen molar-refractivity contribution >= 4 is 11.6 Å². The van der Waals surface area contributed by atoms with Crippen molar-refractivity contribution in [3.8, 4) is 5.75 Å². The van der Waals surface area contributed by atoms with Gasteiger partial charge in [-0.15, -0.1) is 0 Å². The number of fused-ring (bicyclic) bond motifs is 1. The molecular formula is C10H12ClNO. The van der Waals surface area contributed by atoms with Crippen LogP contribution >= 0.6 is 11.6 Å². The lowest BCUT2D eigenvalue weighted by molar-refractivity contribution is 0.177. The second-order valence-corrected chi connectivity index (χ2v) is 3.84. The normalized spacial score (nSPS) is 26.4. The van der Waals surface area contributed by atoms with Crippen molar-refractivity contribution in [3.05, 3.63) is 28.8 Å². The Labute approximate surface area is 82.6 Å². The highest BCUT2D eigenvalue weighted by Crippen LogP contribution is 2.38. The van der Waals surface area contributed by atoms with E-state index in [1.807, 2.05) is 25.1 Å². The van der Waals surface area contributed by atoms with Gasteiger partial charge in [0.25, 0.3) is 0 Å². The minimum atomic E-state index is 0.0532. The first-order valence-electron chi connectivity index (χ1n) is 4.39. The summed E-state index contributed by atoms with van der Waals surface area (Å²) in [5.41, 5.74) is 6.99. The number of benzene rings is 1. The zero-order valence-electron chi connectivity index (χ0n) is 7.46. The Morgan fingerprint density at radius 1 is 1.54 bits per heavy atom. The molecule has 0 saturated carbocycles. The van der Waals surface area contributed by atoms with E-state index in [1.165, 1.54) is 0 Å². The van der Waals surface area contributed by atoms with E-state index >= 15 is 0 Å². The van der Waals surface area contributed by atoms with Gasteiger partial charge in [0.2, 0.25) is 0 Å². The highest BCUT2D eigenvalue weighted by Gasteiger charge is 2.24. The number of rotatable bonds is 0. The van der Waals surface area contributed by atoms with E-state index < -0.39 is 0 Å². The van der Waals surface area contributed by atoms with Gasteiger partial charge in [0, 0.05) is 18.0 Å². The molecule has 0 aromatic heterocycles. The Morgan fingerprint density at radius 2 is 2.31 bits per heavy atom. The molecule has 1 heterocycles. The van der Waals surface area contributed by atoms with Crippen LogP contribution in [0.1, 0.15) is 24.9 Å². The van der Waals surface area contributed by atoms with E-state index in [0.29, 0.717) is 5.02 Å². The highest BCUT2D eigenvalue weighted by atomic mass is 35.5. The van der Waals surface area contributed by atoms with Gasteiger partial charge in [0.15, 0.2) is 0 Å². The summed E-state index contributed by atoms with van der Waals surface area (Å²) in [6, 6.07) is 5.75. The standard InChI is InChI=1S/C10H12ClNO/c1-6-5-9(12)7-3-2-4-8(11)10(7)13-6/h2-4,6,9H,5,12H2,1H3. The van der Waals surface area contributed by atoms with Gasteiger partial charge in [-0.25, -0.2) is 0 Å². The van der Waals surface area contributed by atoms with E-state index in [1.54, 1.807) is 0 Å². The first kappa shape index (κ1) is 8.85. The molecule has 1 aliphatic heterocycles. The van der Waals surface area contributed by atoms with Gasteiger partial charge in [-0.05, 0) is 13.0 Å². The fraction of sp³-hybridized carbons (Fsp3) is 0.400. The van der Waals surface area contributed by atoms with E-state index in [-0.39, 0.29) is 12.1 Å². The average molecular weight is 198 g/mol. The van der Waals surface area contributed by atoms with Gasteiger partial charge in [-0.1, -0.05) is 23.7 Å². The first-order chi connectivity index (χ1) is 6.18. The predicted octanol–water partition coefficient (Wildman–Crippen LogP) is 2.51. The topological polar surface area (TPSA) is 35.2 Å². The minimum absolute atomic E-state index is 0.0532. The summed E-state index contributed by atoms with van der Waals surface area (Å²) >= 11 is 5.99. The Morgan fingerprint density at radius 3 is 3.08 bits per heavy atom. The molecule has 1 aliphatic rings. The summed E-state index contributed by atoms with van der Waals surface area (Å²) in [5.74, 6) is 0.760. The lowest BCUT2D eigenvalue weighted by atomic mass is 9.98. The molecule has 0 amide bonds. The summed E-state index contributed by atoms with van der Waals surface area (Å²) in [5, 5.41) is 0.652. The molecular weight excluding hydrogens is 186 g/mol. The fourth-order valence-corrected chi connectivity index (χ4v) is 1.90. The quantitative estimate of drug-likeness (QED) is 0.694. The molecule has 3 heteroatoms. The van der Waals surface area contributed by atoms with Crippen LogP contribution < -0.4 is 10.5 Å². The summed E-state index contributed by atoms with van der Waals surface area (Å²) in [7, 11) is 0. The lowest BCUT2D eigenvalue weighted by Crippen LogP contribution is -2.27. The Hall–Kier alpha value is -0.730. The van der Waals surface area contributed by atoms with Gasteiger partial charge in [0.1, 0.15) is 5.75 Å². The van der Waals surface area contributed by atoms with Crippen molar-refractivity contribution in [1.82, 2.24) is 0 Å². The zero-order chi connectivity index (χ0) is 9.42. The smallest absolute Gasteiger partial charge is 0.143 e. The Kier molecular flexibility index (Phi) is 2.18.